The number of hydrogen-bond acceptors (Lipinski definition) is 3. The fourth-order valence-electron chi connectivity index (χ4n) is 1.57. The summed E-state index contributed by atoms with van der Waals surface area (Å²) < 4.78 is 5.29. The number of furan rings is 1. The van der Waals surface area contributed by atoms with Gasteiger partial charge in [0.2, 0.25) is 5.78 Å². The molecule has 1 aromatic heterocycles. The van der Waals surface area contributed by atoms with Gasteiger partial charge < -0.3 is 9.32 Å². The second-order valence-electron chi connectivity index (χ2n) is 3.54. The van der Waals surface area contributed by atoms with Crippen molar-refractivity contribution in [3.05, 3.63) is 30.5 Å². The predicted molar refractivity (Wildman–Crippen MR) is 60.3 cm³/mol. The van der Waals surface area contributed by atoms with E-state index in [4.69, 9.17) is 4.42 Å². The molecule has 16 heavy (non-hydrogen) atoms. The van der Waals surface area contributed by atoms with Crippen LogP contribution in [0, 0.1) is 0 Å². The van der Waals surface area contributed by atoms with Gasteiger partial charge in [0.05, 0.1) is 5.69 Å². The summed E-state index contributed by atoms with van der Waals surface area (Å²) in [4.78, 5) is 23.8. The van der Waals surface area contributed by atoms with E-state index in [0.717, 1.165) is 5.39 Å². The van der Waals surface area contributed by atoms with E-state index in [2.05, 4.69) is 0 Å². The number of likely N-dealkylation sites (N-methyl/N-ethyl adjacent to an activating group) is 1. The Balaban J connectivity index is 2.48. The molecule has 1 aromatic carbocycles. The molecule has 0 saturated heterocycles. The standard InChI is InChI=1S/C12H11NO3/c1-8(14)12(15)13(2)10-7-16-11-6-4-3-5-9(10)11/h3-7H,1-2H3. The minimum atomic E-state index is -0.549. The molecule has 0 spiro atoms. The van der Waals surface area contributed by atoms with Crippen molar-refractivity contribution in [3.8, 4) is 0 Å². The average molecular weight is 217 g/mol. The lowest BCUT2D eigenvalue weighted by Crippen LogP contribution is -2.31. The molecule has 0 atom stereocenters. The molecule has 4 nitrogen and oxygen atoms in total. The van der Waals surface area contributed by atoms with Crippen molar-refractivity contribution in [2.75, 3.05) is 11.9 Å². The van der Waals surface area contributed by atoms with Gasteiger partial charge in [-0.2, -0.15) is 0 Å². The quantitative estimate of drug-likeness (QED) is 0.723. The Morgan fingerprint density at radius 3 is 2.62 bits per heavy atom. The van der Waals surface area contributed by atoms with Crippen molar-refractivity contribution in [2.24, 2.45) is 0 Å². The van der Waals surface area contributed by atoms with E-state index in [1.807, 2.05) is 24.3 Å². The Bertz CT molecular complexity index is 556. The summed E-state index contributed by atoms with van der Waals surface area (Å²) in [7, 11) is 1.56. The highest BCUT2D eigenvalue weighted by atomic mass is 16.3. The minimum Gasteiger partial charge on any atom is -0.462 e. The normalized spacial score (nSPS) is 10.4. The monoisotopic (exact) mass is 217 g/mol. The van der Waals surface area contributed by atoms with Gasteiger partial charge in [0, 0.05) is 19.4 Å². The number of anilines is 1. The number of para-hydroxylation sites is 1. The molecule has 0 aliphatic rings. The first-order chi connectivity index (χ1) is 7.61. The Hall–Kier alpha value is -2.10. The van der Waals surface area contributed by atoms with Gasteiger partial charge in [-0.25, -0.2) is 0 Å². The highest BCUT2D eigenvalue weighted by molar-refractivity contribution is 6.40. The minimum absolute atomic E-state index is 0.493. The number of fused-ring (bicyclic) bond motifs is 1. The van der Waals surface area contributed by atoms with Gasteiger partial charge in [-0.3, -0.25) is 9.59 Å². The zero-order chi connectivity index (χ0) is 11.7. The van der Waals surface area contributed by atoms with Crippen LogP contribution in [0.15, 0.2) is 34.9 Å². The van der Waals surface area contributed by atoms with Crippen molar-refractivity contribution in [3.63, 3.8) is 0 Å². The van der Waals surface area contributed by atoms with E-state index in [1.54, 1.807) is 7.05 Å². The molecule has 0 bridgehead atoms. The zero-order valence-corrected chi connectivity index (χ0v) is 9.06. The number of nitrogens with zero attached hydrogens (tertiary/aromatic N) is 1. The van der Waals surface area contributed by atoms with E-state index in [-0.39, 0.29) is 0 Å². The van der Waals surface area contributed by atoms with Gasteiger partial charge in [-0.05, 0) is 12.1 Å². The summed E-state index contributed by atoms with van der Waals surface area (Å²) in [6.07, 6.45) is 1.48. The van der Waals surface area contributed by atoms with Gasteiger partial charge in [-0.1, -0.05) is 12.1 Å². The van der Waals surface area contributed by atoms with E-state index < -0.39 is 11.7 Å². The number of carbonyl (C=O) groups excluding carboxylic acids is 2. The molecular formula is C12H11NO3. The highest BCUT2D eigenvalue weighted by Gasteiger charge is 2.19. The smallest absolute Gasteiger partial charge is 0.293 e. The molecule has 1 heterocycles. The number of amides is 1. The lowest BCUT2D eigenvalue weighted by Gasteiger charge is -2.12. The van der Waals surface area contributed by atoms with Crippen LogP contribution in [0.4, 0.5) is 5.69 Å². The number of ketones is 1. The van der Waals surface area contributed by atoms with Crippen molar-refractivity contribution in [1.82, 2.24) is 0 Å². The highest BCUT2D eigenvalue weighted by Crippen LogP contribution is 2.28. The van der Waals surface area contributed by atoms with E-state index in [1.165, 1.54) is 18.1 Å². The van der Waals surface area contributed by atoms with Crippen LogP contribution in [0.2, 0.25) is 0 Å². The molecule has 82 valence electrons. The van der Waals surface area contributed by atoms with Crippen LogP contribution < -0.4 is 4.90 Å². The predicted octanol–water partition coefficient (Wildman–Crippen LogP) is 1.98. The number of rotatable bonds is 2. The maximum absolute atomic E-state index is 11.5. The summed E-state index contributed by atoms with van der Waals surface area (Å²) in [6.45, 7) is 1.25. The van der Waals surface area contributed by atoms with Crippen LogP contribution in [0.5, 0.6) is 0 Å². The first-order valence-electron chi connectivity index (χ1n) is 4.86. The first-order valence-corrected chi connectivity index (χ1v) is 4.86. The third-order valence-corrected chi connectivity index (χ3v) is 2.43. The maximum Gasteiger partial charge on any atom is 0.293 e. The maximum atomic E-state index is 11.5. The van der Waals surface area contributed by atoms with E-state index in [0.29, 0.717) is 11.3 Å². The van der Waals surface area contributed by atoms with Crippen molar-refractivity contribution in [1.29, 1.82) is 0 Å². The van der Waals surface area contributed by atoms with Crippen LogP contribution in [-0.2, 0) is 9.59 Å². The molecule has 2 aromatic rings. The molecule has 0 unspecified atom stereocenters. The Labute approximate surface area is 92.5 Å². The second-order valence-corrected chi connectivity index (χ2v) is 3.54. The summed E-state index contributed by atoms with van der Waals surface area (Å²) >= 11 is 0. The molecular weight excluding hydrogens is 206 g/mol. The molecule has 0 N–H and O–H groups in total. The van der Waals surface area contributed by atoms with Crippen molar-refractivity contribution >= 4 is 28.3 Å². The van der Waals surface area contributed by atoms with Crippen LogP contribution in [0.1, 0.15) is 6.92 Å². The van der Waals surface area contributed by atoms with Crippen LogP contribution in [0.3, 0.4) is 0 Å². The van der Waals surface area contributed by atoms with Gasteiger partial charge in [-0.15, -0.1) is 0 Å². The third kappa shape index (κ3) is 1.58. The van der Waals surface area contributed by atoms with Crippen molar-refractivity contribution in [2.45, 2.75) is 6.92 Å². The van der Waals surface area contributed by atoms with Crippen LogP contribution in [0.25, 0.3) is 11.0 Å². The van der Waals surface area contributed by atoms with E-state index >= 15 is 0 Å². The molecule has 0 aliphatic carbocycles. The van der Waals surface area contributed by atoms with Gasteiger partial charge in [0.15, 0.2) is 0 Å². The molecule has 0 fully saturated rings. The summed E-state index contributed by atoms with van der Waals surface area (Å²) in [5.74, 6) is -1.04. The third-order valence-electron chi connectivity index (χ3n) is 2.43. The fraction of sp³-hybridized carbons (Fsp3) is 0.167. The Kier molecular flexibility index (Phi) is 2.48. The Morgan fingerprint density at radius 2 is 1.94 bits per heavy atom. The summed E-state index contributed by atoms with van der Waals surface area (Å²) in [5.41, 5.74) is 1.30. The largest absolute Gasteiger partial charge is 0.462 e. The first kappa shape index (κ1) is 10.4. The number of Topliss-reactive ketones (excluding diaryl/α,β-unsaturated/α-hetero) is 1. The van der Waals surface area contributed by atoms with Crippen molar-refractivity contribution < 1.29 is 14.0 Å². The topological polar surface area (TPSA) is 50.5 Å². The lowest BCUT2D eigenvalue weighted by molar-refractivity contribution is -0.134. The number of carbonyl (C=O) groups is 2. The lowest BCUT2D eigenvalue weighted by atomic mass is 10.2. The SMILES string of the molecule is CC(=O)C(=O)N(C)c1coc2ccccc12. The van der Waals surface area contributed by atoms with Gasteiger partial charge in [0.25, 0.3) is 5.91 Å². The fourth-order valence-corrected chi connectivity index (χ4v) is 1.57. The summed E-state index contributed by atoms with van der Waals surface area (Å²) in [6, 6.07) is 7.36. The summed E-state index contributed by atoms with van der Waals surface area (Å²) in [5, 5.41) is 0.819. The zero-order valence-electron chi connectivity index (χ0n) is 9.06. The molecule has 1 amide bonds. The molecule has 0 radical (unpaired) electrons. The van der Waals surface area contributed by atoms with Crippen LogP contribution in [-0.4, -0.2) is 18.7 Å². The molecule has 0 saturated carbocycles. The van der Waals surface area contributed by atoms with Gasteiger partial charge >= 0.3 is 0 Å². The van der Waals surface area contributed by atoms with E-state index in [9.17, 15) is 9.59 Å². The van der Waals surface area contributed by atoms with Gasteiger partial charge in [0.1, 0.15) is 11.8 Å². The Morgan fingerprint density at radius 1 is 1.25 bits per heavy atom. The number of benzene rings is 1. The molecule has 2 rings (SSSR count). The number of hydrogen-bond donors (Lipinski definition) is 0. The molecule has 4 heteroatoms. The average Bonchev–Trinajstić information content (AvgIpc) is 2.70. The second kappa shape index (κ2) is 3.81. The van der Waals surface area contributed by atoms with Crippen LogP contribution >= 0.6 is 0 Å². The molecule has 0 aliphatic heterocycles.